The predicted molar refractivity (Wildman–Crippen MR) is 124 cm³/mol. The van der Waals surface area contributed by atoms with Gasteiger partial charge in [-0.3, -0.25) is 0 Å². The average Bonchev–Trinajstić information content (AvgIpc) is 3.25. The number of fused-ring (bicyclic) bond motifs is 1. The number of methoxy groups -OCH3 is 1. The molecule has 1 aliphatic rings. The third-order valence-electron chi connectivity index (χ3n) is 5.43. The summed E-state index contributed by atoms with van der Waals surface area (Å²) in [5.41, 5.74) is 1.52. The highest BCUT2D eigenvalue weighted by molar-refractivity contribution is 6.32. The molecule has 1 atom stereocenters. The molecule has 0 aliphatic carbocycles. The van der Waals surface area contributed by atoms with E-state index in [0.29, 0.717) is 28.7 Å². The monoisotopic (exact) mass is 459 g/mol. The highest BCUT2D eigenvalue weighted by Crippen LogP contribution is 2.33. The summed E-state index contributed by atoms with van der Waals surface area (Å²) >= 11 is 6.22. The number of aliphatic hydroxyl groups is 1. The highest BCUT2D eigenvalue weighted by Gasteiger charge is 2.27. The van der Waals surface area contributed by atoms with Gasteiger partial charge < -0.3 is 20.1 Å². The van der Waals surface area contributed by atoms with E-state index in [1.807, 2.05) is 30.3 Å². The molecule has 0 unspecified atom stereocenters. The number of benzene rings is 2. The number of anilines is 2. The lowest BCUT2D eigenvalue weighted by Gasteiger charge is -2.25. The van der Waals surface area contributed by atoms with Gasteiger partial charge in [0.15, 0.2) is 11.6 Å². The Labute approximate surface area is 192 Å². The van der Waals surface area contributed by atoms with Crippen LogP contribution < -0.4 is 15.0 Å². The number of nitrogens with one attached hydrogen (secondary N) is 1. The Morgan fingerprint density at radius 1 is 1.26 bits per heavy atom. The number of hydrogen-bond donors (Lipinski definition) is 2. The fraction of sp³-hybridized carbons (Fsp3) is 0.318. The average molecular weight is 460 g/mol. The lowest BCUT2D eigenvalue weighted by molar-refractivity contribution is 0.266. The minimum absolute atomic E-state index is 0. The van der Waals surface area contributed by atoms with Gasteiger partial charge in [-0.15, -0.1) is 22.6 Å². The van der Waals surface area contributed by atoms with E-state index in [9.17, 15) is 10.4 Å². The number of nitriles is 1. The maximum Gasteiger partial charge on any atom is 0.159 e. The van der Waals surface area contributed by atoms with Crippen LogP contribution in [0.1, 0.15) is 24.0 Å². The molecule has 4 rings (SSSR count). The van der Waals surface area contributed by atoms with Gasteiger partial charge in [0.05, 0.1) is 36.4 Å². The fourth-order valence-electron chi connectivity index (χ4n) is 3.86. The number of ether oxygens (including phenoxy) is 1. The van der Waals surface area contributed by atoms with Gasteiger partial charge >= 0.3 is 0 Å². The van der Waals surface area contributed by atoms with E-state index in [0.717, 1.165) is 41.5 Å². The summed E-state index contributed by atoms with van der Waals surface area (Å²) < 4.78 is 5.20. The lowest BCUT2D eigenvalue weighted by Crippen LogP contribution is -2.33. The van der Waals surface area contributed by atoms with Gasteiger partial charge in [0.1, 0.15) is 5.75 Å². The van der Waals surface area contributed by atoms with Crippen molar-refractivity contribution in [3.05, 3.63) is 52.5 Å². The molecule has 31 heavy (non-hydrogen) atoms. The van der Waals surface area contributed by atoms with Gasteiger partial charge in [0, 0.05) is 23.9 Å². The van der Waals surface area contributed by atoms with Crippen LogP contribution in [0.3, 0.4) is 0 Å². The Hall–Kier alpha value is -2.79. The van der Waals surface area contributed by atoms with Gasteiger partial charge in [-0.05, 0) is 48.7 Å². The molecule has 162 valence electrons. The maximum absolute atomic E-state index is 9.71. The summed E-state index contributed by atoms with van der Waals surface area (Å²) in [4.78, 5) is 2.11. The van der Waals surface area contributed by atoms with E-state index in [4.69, 9.17) is 16.3 Å². The first kappa shape index (κ1) is 22.9. The van der Waals surface area contributed by atoms with Crippen LogP contribution in [0.5, 0.6) is 5.75 Å². The van der Waals surface area contributed by atoms with Crippen LogP contribution in [0.25, 0.3) is 10.8 Å². The summed E-state index contributed by atoms with van der Waals surface area (Å²) in [5.74, 6) is 1.96. The first-order chi connectivity index (χ1) is 14.6. The van der Waals surface area contributed by atoms with E-state index >= 15 is 0 Å². The highest BCUT2D eigenvalue weighted by atomic mass is 35.5. The van der Waals surface area contributed by atoms with Crippen LogP contribution in [0, 0.1) is 11.3 Å². The zero-order valence-corrected chi connectivity index (χ0v) is 18.6. The van der Waals surface area contributed by atoms with Gasteiger partial charge in [-0.1, -0.05) is 17.7 Å². The molecule has 0 bridgehead atoms. The number of rotatable bonds is 6. The van der Waals surface area contributed by atoms with E-state index < -0.39 is 0 Å². The molecular weight excluding hydrogens is 437 g/mol. The molecule has 2 heterocycles. The molecule has 1 fully saturated rings. The molecular formula is C22H23Cl2N5O2. The van der Waals surface area contributed by atoms with Crippen LogP contribution in [0.15, 0.2) is 36.4 Å². The summed E-state index contributed by atoms with van der Waals surface area (Å²) in [7, 11) is 1.58. The van der Waals surface area contributed by atoms with Crippen LogP contribution in [0.2, 0.25) is 5.02 Å². The summed E-state index contributed by atoms with van der Waals surface area (Å²) in [6, 6.07) is 13.3. The van der Waals surface area contributed by atoms with E-state index in [1.165, 1.54) is 0 Å². The Balaban J connectivity index is 0.00000272. The number of aromatic nitrogens is 2. The van der Waals surface area contributed by atoms with Crippen LogP contribution in [-0.4, -0.2) is 41.6 Å². The number of nitrogens with zero attached hydrogens (tertiary/aromatic N) is 4. The molecule has 3 aromatic rings. The molecule has 1 aromatic heterocycles. The third-order valence-corrected chi connectivity index (χ3v) is 5.72. The molecule has 2 aromatic carbocycles. The molecule has 7 nitrogen and oxygen atoms in total. The Bertz CT molecular complexity index is 1120. The molecule has 1 saturated heterocycles. The van der Waals surface area contributed by atoms with Crippen molar-refractivity contribution in [1.29, 1.82) is 5.26 Å². The number of hydrogen-bond acceptors (Lipinski definition) is 7. The zero-order chi connectivity index (χ0) is 21.1. The second-order valence-corrected chi connectivity index (χ2v) is 7.65. The Kier molecular flexibility index (Phi) is 7.39. The topological polar surface area (TPSA) is 94.3 Å². The fourth-order valence-corrected chi connectivity index (χ4v) is 4.14. The van der Waals surface area contributed by atoms with Crippen molar-refractivity contribution in [2.24, 2.45) is 0 Å². The molecule has 1 aliphatic heterocycles. The minimum atomic E-state index is 0. The third kappa shape index (κ3) is 4.62. The van der Waals surface area contributed by atoms with Gasteiger partial charge in [-0.25, -0.2) is 0 Å². The minimum Gasteiger partial charge on any atom is -0.495 e. The van der Waals surface area contributed by atoms with Gasteiger partial charge in [0.2, 0.25) is 0 Å². The van der Waals surface area contributed by atoms with Gasteiger partial charge in [0.25, 0.3) is 0 Å². The molecule has 0 saturated carbocycles. The van der Waals surface area contributed by atoms with Crippen molar-refractivity contribution in [3.63, 3.8) is 0 Å². The summed E-state index contributed by atoms with van der Waals surface area (Å²) in [5, 5.41) is 33.5. The molecule has 9 heteroatoms. The van der Waals surface area contributed by atoms with E-state index in [-0.39, 0.29) is 25.1 Å². The first-order valence-electron chi connectivity index (χ1n) is 9.79. The molecule has 0 radical (unpaired) electrons. The van der Waals surface area contributed by atoms with Crippen molar-refractivity contribution in [3.8, 4) is 11.8 Å². The van der Waals surface area contributed by atoms with Crippen molar-refractivity contribution in [2.45, 2.75) is 25.4 Å². The Morgan fingerprint density at radius 2 is 2.10 bits per heavy atom. The summed E-state index contributed by atoms with van der Waals surface area (Å²) in [6.45, 7) is 1.40. The second-order valence-electron chi connectivity index (χ2n) is 7.24. The smallest absolute Gasteiger partial charge is 0.159 e. The van der Waals surface area contributed by atoms with Crippen molar-refractivity contribution in [1.82, 2.24) is 10.2 Å². The Morgan fingerprint density at radius 3 is 2.81 bits per heavy atom. The first-order valence-corrected chi connectivity index (χ1v) is 10.2. The number of aliphatic hydroxyl groups excluding tert-OH is 1. The quantitative estimate of drug-likeness (QED) is 0.571. The van der Waals surface area contributed by atoms with Crippen molar-refractivity contribution >= 4 is 46.4 Å². The number of halogens is 2. The van der Waals surface area contributed by atoms with Crippen LogP contribution >= 0.6 is 24.0 Å². The standard InChI is InChI=1S/C22H22ClN5O2.ClH/c1-30-20-7-5-15(10-19(20)23)12-25-21-18-9-14(11-24)4-6-17(18)22(27-26-21)28-8-2-3-16(28)13-29;/h4-7,9-10,16,29H,2-3,8,12-13H2,1H3,(H,25,26);1H/t16-;/m0./s1. The van der Waals surface area contributed by atoms with Crippen LogP contribution in [0.4, 0.5) is 11.6 Å². The van der Waals surface area contributed by atoms with Gasteiger partial charge in [-0.2, -0.15) is 5.26 Å². The molecule has 0 amide bonds. The van der Waals surface area contributed by atoms with Crippen molar-refractivity contribution in [2.75, 3.05) is 30.5 Å². The predicted octanol–water partition coefficient (Wildman–Crippen LogP) is 4.16. The SMILES string of the molecule is COc1ccc(CNc2nnc(N3CCC[C@H]3CO)c3ccc(C#N)cc23)cc1Cl.Cl. The summed E-state index contributed by atoms with van der Waals surface area (Å²) in [6.07, 6.45) is 1.93. The largest absolute Gasteiger partial charge is 0.495 e. The zero-order valence-electron chi connectivity index (χ0n) is 17.0. The van der Waals surface area contributed by atoms with E-state index in [2.05, 4.69) is 26.5 Å². The van der Waals surface area contributed by atoms with Crippen molar-refractivity contribution < 1.29 is 9.84 Å². The molecule has 0 spiro atoms. The maximum atomic E-state index is 9.71. The lowest BCUT2D eigenvalue weighted by atomic mass is 10.1. The van der Waals surface area contributed by atoms with Crippen LogP contribution in [-0.2, 0) is 6.54 Å². The second kappa shape index (κ2) is 10.0. The van der Waals surface area contributed by atoms with E-state index in [1.54, 1.807) is 13.2 Å². The normalized spacial score (nSPS) is 15.4. The molecule has 2 N–H and O–H groups in total.